The average Bonchev–Trinajstić information content (AvgIpc) is 4.08. The van der Waals surface area contributed by atoms with Crippen LogP contribution in [0.1, 0.15) is 0 Å². The quantitative estimate of drug-likeness (QED) is 0.107. The van der Waals surface area contributed by atoms with E-state index in [9.17, 15) is 0 Å². The molecule has 4 heteroatoms. The lowest BCUT2D eigenvalue weighted by atomic mass is 10.1. The molecule has 0 saturated heterocycles. The fourth-order valence-corrected chi connectivity index (χ4v) is 16.9. The Balaban J connectivity index is 1.03. The highest BCUT2D eigenvalue weighted by atomic mass is 28.3. The summed E-state index contributed by atoms with van der Waals surface area (Å²) < 4.78 is 7.40. The Labute approximate surface area is 407 Å². The molecule has 3 heterocycles. The molecule has 328 valence electrons. The van der Waals surface area contributed by atoms with E-state index in [1.807, 2.05) is 0 Å². The van der Waals surface area contributed by atoms with E-state index in [1.165, 1.54) is 97.3 Å². The van der Waals surface area contributed by atoms with Gasteiger partial charge in [-0.05, 0) is 105 Å². The molecule has 0 spiro atoms. The SMILES string of the molecule is c1ccc(-c2cccc(-n3c4ccccc4c4cc(-n5c6ccccc6c6c([Si](c7ccccc7)(c7ccccc7)c7cccc(-n8c9ccccc9c9ccccc98)c7)cccc65)ccc43)c2)cc1. The lowest BCUT2D eigenvalue weighted by molar-refractivity contribution is 1.17. The first-order chi connectivity index (χ1) is 34.8. The highest BCUT2D eigenvalue weighted by molar-refractivity contribution is 7.20. The number of para-hydroxylation sites is 4. The van der Waals surface area contributed by atoms with Crippen LogP contribution < -0.4 is 20.7 Å². The highest BCUT2D eigenvalue weighted by Crippen LogP contribution is 2.38. The van der Waals surface area contributed by atoms with E-state index < -0.39 is 8.07 Å². The third-order valence-electron chi connectivity index (χ3n) is 14.8. The fraction of sp³-hybridized carbons (Fsp3) is 0. The second kappa shape index (κ2) is 16.1. The monoisotopic (exact) mass is 907 g/mol. The van der Waals surface area contributed by atoms with E-state index in [0.29, 0.717) is 0 Å². The van der Waals surface area contributed by atoms with Crippen molar-refractivity contribution in [1.82, 2.24) is 13.7 Å². The lowest BCUT2D eigenvalue weighted by Gasteiger charge is -2.35. The van der Waals surface area contributed by atoms with Gasteiger partial charge in [-0.3, -0.25) is 0 Å². The van der Waals surface area contributed by atoms with E-state index in [1.54, 1.807) is 0 Å². The molecule has 0 aliphatic carbocycles. The minimum absolute atomic E-state index is 1.14. The third kappa shape index (κ3) is 6.00. The zero-order chi connectivity index (χ0) is 46.2. The van der Waals surface area contributed by atoms with E-state index in [2.05, 4.69) is 287 Å². The number of fused-ring (bicyclic) bond motifs is 9. The van der Waals surface area contributed by atoms with E-state index in [-0.39, 0.29) is 0 Å². The molecule has 0 unspecified atom stereocenters. The van der Waals surface area contributed by atoms with Crippen molar-refractivity contribution in [3.05, 3.63) is 273 Å². The number of hydrogen-bond donors (Lipinski definition) is 0. The van der Waals surface area contributed by atoms with Gasteiger partial charge >= 0.3 is 0 Å². The largest absolute Gasteiger partial charge is 0.309 e. The maximum Gasteiger partial charge on any atom is 0.180 e. The van der Waals surface area contributed by atoms with Gasteiger partial charge in [0.25, 0.3) is 0 Å². The average molecular weight is 908 g/mol. The number of nitrogens with zero attached hydrogens (tertiary/aromatic N) is 3. The van der Waals surface area contributed by atoms with Crippen LogP contribution in [0.15, 0.2) is 273 Å². The zero-order valence-electron chi connectivity index (χ0n) is 38.3. The Bertz CT molecular complexity index is 4200. The summed E-state index contributed by atoms with van der Waals surface area (Å²) in [5.41, 5.74) is 13.0. The molecule has 0 aliphatic rings. The van der Waals surface area contributed by atoms with Gasteiger partial charge in [0.15, 0.2) is 8.07 Å². The van der Waals surface area contributed by atoms with Gasteiger partial charge in [0.1, 0.15) is 0 Å². The van der Waals surface area contributed by atoms with Crippen LogP contribution in [0.3, 0.4) is 0 Å². The summed E-state index contributed by atoms with van der Waals surface area (Å²) in [7, 11) is -3.12. The fourth-order valence-electron chi connectivity index (χ4n) is 11.9. The zero-order valence-corrected chi connectivity index (χ0v) is 39.3. The van der Waals surface area contributed by atoms with Crippen LogP contribution in [-0.4, -0.2) is 21.8 Å². The van der Waals surface area contributed by atoms with Crippen molar-refractivity contribution in [1.29, 1.82) is 0 Å². The van der Waals surface area contributed by atoms with Crippen molar-refractivity contribution in [2.45, 2.75) is 0 Å². The van der Waals surface area contributed by atoms with Crippen molar-refractivity contribution in [3.8, 4) is 28.2 Å². The minimum Gasteiger partial charge on any atom is -0.309 e. The van der Waals surface area contributed by atoms with Crippen LogP contribution in [0.4, 0.5) is 0 Å². The van der Waals surface area contributed by atoms with Crippen LogP contribution in [0.2, 0.25) is 0 Å². The molecule has 3 nitrogen and oxygen atoms in total. The Morgan fingerprint density at radius 1 is 0.229 bits per heavy atom. The summed E-state index contributed by atoms with van der Waals surface area (Å²) in [6.07, 6.45) is 0. The van der Waals surface area contributed by atoms with Crippen molar-refractivity contribution in [2.24, 2.45) is 0 Å². The standard InChI is InChI=1S/C66H45N3Si/c1-4-21-46(22-5-1)47-23-18-24-48(43-47)67-61-37-16-12-33-56(61)58-45-50(41-42-63(58)67)69-62-38-17-13-34-57(62)66-64(69)39-20-40-65(66)70(51-26-6-2-7-27-51,52-28-8-3-9-29-52)53-30-19-25-49(44-53)68-59-35-14-10-31-54(59)55-32-11-15-36-60(55)68/h1-45H. The molecule has 0 saturated carbocycles. The van der Waals surface area contributed by atoms with Gasteiger partial charge in [-0.15, -0.1) is 0 Å². The van der Waals surface area contributed by atoms with E-state index in [4.69, 9.17) is 0 Å². The number of rotatable bonds is 8. The number of aromatic nitrogens is 3. The summed E-state index contributed by atoms with van der Waals surface area (Å²) in [6.45, 7) is 0. The van der Waals surface area contributed by atoms with Gasteiger partial charge < -0.3 is 13.7 Å². The predicted octanol–water partition coefficient (Wildman–Crippen LogP) is 14.0. The van der Waals surface area contributed by atoms with Crippen molar-refractivity contribution in [2.75, 3.05) is 0 Å². The van der Waals surface area contributed by atoms with Gasteiger partial charge in [0.2, 0.25) is 0 Å². The van der Waals surface area contributed by atoms with Crippen molar-refractivity contribution >= 4 is 94.2 Å². The molecule has 0 radical (unpaired) electrons. The summed E-state index contributed by atoms with van der Waals surface area (Å²) in [6, 6.07) is 102. The Kier molecular flexibility index (Phi) is 9.23. The maximum atomic E-state index is 2.51. The second-order valence-electron chi connectivity index (χ2n) is 18.4. The van der Waals surface area contributed by atoms with Gasteiger partial charge in [-0.1, -0.05) is 200 Å². The molecular weight excluding hydrogens is 863 g/mol. The summed E-state index contributed by atoms with van der Waals surface area (Å²) in [5, 5.41) is 12.9. The first kappa shape index (κ1) is 40.1. The molecule has 14 rings (SSSR count). The molecular formula is C66H45N3Si. The van der Waals surface area contributed by atoms with Crippen molar-refractivity contribution in [3.63, 3.8) is 0 Å². The first-order valence-electron chi connectivity index (χ1n) is 24.2. The smallest absolute Gasteiger partial charge is 0.180 e. The first-order valence-corrected chi connectivity index (χ1v) is 26.2. The summed E-state index contributed by atoms with van der Waals surface area (Å²) in [4.78, 5) is 0. The summed E-state index contributed by atoms with van der Waals surface area (Å²) in [5.74, 6) is 0. The van der Waals surface area contributed by atoms with E-state index in [0.717, 1.165) is 17.1 Å². The van der Waals surface area contributed by atoms with Gasteiger partial charge in [-0.2, -0.15) is 0 Å². The normalized spacial score (nSPS) is 12.0. The lowest BCUT2D eigenvalue weighted by Crippen LogP contribution is -2.74. The van der Waals surface area contributed by atoms with Crippen LogP contribution in [0, 0.1) is 0 Å². The summed E-state index contributed by atoms with van der Waals surface area (Å²) >= 11 is 0. The van der Waals surface area contributed by atoms with Crippen molar-refractivity contribution < 1.29 is 0 Å². The minimum atomic E-state index is -3.12. The van der Waals surface area contributed by atoms with E-state index >= 15 is 0 Å². The van der Waals surface area contributed by atoms with Crippen LogP contribution >= 0.6 is 0 Å². The topological polar surface area (TPSA) is 14.8 Å². The molecule has 0 aliphatic heterocycles. The molecule has 0 N–H and O–H groups in total. The third-order valence-corrected chi connectivity index (χ3v) is 19.6. The Morgan fingerprint density at radius 3 is 1.24 bits per heavy atom. The Hall–Kier alpha value is -8.96. The van der Waals surface area contributed by atoms with Crippen LogP contribution in [-0.2, 0) is 0 Å². The molecule has 0 atom stereocenters. The molecule has 11 aromatic carbocycles. The van der Waals surface area contributed by atoms with Gasteiger partial charge in [0, 0.05) is 49.4 Å². The van der Waals surface area contributed by atoms with Crippen LogP contribution in [0.5, 0.6) is 0 Å². The molecule has 3 aromatic heterocycles. The molecule has 14 aromatic rings. The molecule has 0 amide bonds. The highest BCUT2D eigenvalue weighted by Gasteiger charge is 2.43. The molecule has 70 heavy (non-hydrogen) atoms. The predicted molar refractivity (Wildman–Crippen MR) is 299 cm³/mol. The number of hydrogen-bond acceptors (Lipinski definition) is 0. The molecule has 0 bridgehead atoms. The Morgan fingerprint density at radius 2 is 0.629 bits per heavy atom. The second-order valence-corrected chi connectivity index (χ2v) is 22.2. The number of benzene rings is 11. The van der Waals surface area contributed by atoms with Gasteiger partial charge in [0.05, 0.1) is 33.1 Å². The van der Waals surface area contributed by atoms with Gasteiger partial charge in [-0.25, -0.2) is 0 Å². The maximum absolute atomic E-state index is 3.12. The van der Waals surface area contributed by atoms with Crippen LogP contribution in [0.25, 0.3) is 93.6 Å². The molecule has 0 fully saturated rings.